The van der Waals surface area contributed by atoms with Crippen LogP contribution in [-0.4, -0.2) is 41.1 Å². The number of aliphatic carboxylic acids is 1. The number of anilines is 1. The van der Waals surface area contributed by atoms with Gasteiger partial charge in [0.2, 0.25) is 12.2 Å². The van der Waals surface area contributed by atoms with Gasteiger partial charge in [-0.25, -0.2) is 14.4 Å². The van der Waals surface area contributed by atoms with Crippen LogP contribution in [0.15, 0.2) is 72.8 Å². The predicted molar refractivity (Wildman–Crippen MR) is 129 cm³/mol. The van der Waals surface area contributed by atoms with Crippen molar-refractivity contribution in [1.82, 2.24) is 0 Å². The smallest absolute Gasteiger partial charge is 0.416 e. The zero-order valence-corrected chi connectivity index (χ0v) is 20.7. The van der Waals surface area contributed by atoms with Gasteiger partial charge in [-0.1, -0.05) is 29.8 Å². The maximum absolute atomic E-state index is 13.1. The number of esters is 2. The van der Waals surface area contributed by atoms with Crippen molar-refractivity contribution >= 4 is 29.5 Å². The van der Waals surface area contributed by atoms with Crippen molar-refractivity contribution in [2.75, 3.05) is 5.32 Å². The Labute approximate surface area is 227 Å². The van der Waals surface area contributed by atoms with Gasteiger partial charge < -0.3 is 19.9 Å². The summed E-state index contributed by atoms with van der Waals surface area (Å²) in [6, 6.07) is 11.4. The second-order valence-electron chi connectivity index (χ2n) is 8.50. The monoisotopic (exact) mass is 583 g/mol. The van der Waals surface area contributed by atoms with Crippen molar-refractivity contribution in [3.05, 3.63) is 101 Å². The SMILES string of the molecule is Cc1ccc(NC(=O)[C@H](OC(=O)c2cccc(C(F)(F)F)c2)[C@H](OC(=O)c2cccc(C(F)(F)F)c2)C(=O)O)cc1. The fraction of sp³-hybridized carbons (Fsp3) is 0.185. The second-order valence-corrected chi connectivity index (χ2v) is 8.50. The standard InChI is InChI=1S/C27H19F6NO7/c1-14-8-10-19(11-9-14)34-22(35)20(40-24(38)15-4-2-6-17(12-15)26(28,29)30)21(23(36)37)41-25(39)16-5-3-7-18(13-16)27(31,32)33/h2-13,20-21H,1H3,(H,34,35)(H,36,37)/t20-,21+/m1/s1. The minimum Gasteiger partial charge on any atom is -0.478 e. The zero-order valence-electron chi connectivity index (χ0n) is 20.7. The zero-order chi connectivity index (χ0) is 30.5. The number of alkyl halides is 6. The van der Waals surface area contributed by atoms with Crippen LogP contribution in [-0.2, 0) is 31.4 Å². The second kappa shape index (κ2) is 12.1. The van der Waals surface area contributed by atoms with Crippen molar-refractivity contribution in [3.63, 3.8) is 0 Å². The van der Waals surface area contributed by atoms with Gasteiger partial charge in [0, 0.05) is 5.69 Å². The van der Waals surface area contributed by atoms with E-state index in [2.05, 4.69) is 5.32 Å². The molecule has 3 aromatic rings. The molecule has 0 unspecified atom stereocenters. The number of nitrogens with one attached hydrogen (secondary N) is 1. The van der Waals surface area contributed by atoms with E-state index in [1.165, 1.54) is 12.1 Å². The van der Waals surface area contributed by atoms with Gasteiger partial charge in [0.25, 0.3) is 5.91 Å². The number of hydrogen-bond donors (Lipinski definition) is 2. The molecule has 41 heavy (non-hydrogen) atoms. The van der Waals surface area contributed by atoms with Crippen molar-refractivity contribution in [3.8, 4) is 0 Å². The molecule has 2 N–H and O–H groups in total. The summed E-state index contributed by atoms with van der Waals surface area (Å²) in [5.41, 5.74) is -3.13. The molecule has 14 heteroatoms. The van der Waals surface area contributed by atoms with Gasteiger partial charge in [-0.15, -0.1) is 0 Å². The summed E-state index contributed by atoms with van der Waals surface area (Å²) in [6.07, 6.45) is -14.8. The highest BCUT2D eigenvalue weighted by atomic mass is 19.4. The van der Waals surface area contributed by atoms with E-state index in [0.29, 0.717) is 24.3 Å². The number of rotatable bonds is 8. The highest BCUT2D eigenvalue weighted by molar-refractivity contribution is 6.01. The Morgan fingerprint density at radius 1 is 0.707 bits per heavy atom. The summed E-state index contributed by atoms with van der Waals surface area (Å²) in [7, 11) is 0. The molecular weight excluding hydrogens is 564 g/mol. The Balaban J connectivity index is 1.96. The van der Waals surface area contributed by atoms with Gasteiger partial charge in [-0.3, -0.25) is 4.79 Å². The summed E-state index contributed by atoms with van der Waals surface area (Å²) in [5, 5.41) is 12.0. The first-order valence-corrected chi connectivity index (χ1v) is 11.4. The third kappa shape index (κ3) is 8.06. The summed E-state index contributed by atoms with van der Waals surface area (Å²) >= 11 is 0. The summed E-state index contributed by atoms with van der Waals surface area (Å²) < 4.78 is 88.3. The van der Waals surface area contributed by atoms with Crippen LogP contribution in [0.3, 0.4) is 0 Å². The van der Waals surface area contributed by atoms with E-state index < -0.39 is 70.6 Å². The Hall–Kier alpha value is -4.88. The molecule has 8 nitrogen and oxygen atoms in total. The van der Waals surface area contributed by atoms with E-state index >= 15 is 0 Å². The minimum atomic E-state index is -4.86. The Kier molecular flexibility index (Phi) is 9.05. The third-order valence-corrected chi connectivity index (χ3v) is 5.42. The number of hydrogen-bond acceptors (Lipinski definition) is 6. The van der Waals surface area contributed by atoms with Crippen LogP contribution in [0, 0.1) is 6.92 Å². The molecule has 0 aromatic heterocycles. The molecule has 0 fully saturated rings. The molecular formula is C27H19F6NO7. The lowest BCUT2D eigenvalue weighted by molar-refractivity contribution is -0.157. The number of amides is 1. The van der Waals surface area contributed by atoms with Crippen molar-refractivity contribution in [1.29, 1.82) is 0 Å². The lowest BCUT2D eigenvalue weighted by atomic mass is 10.1. The van der Waals surface area contributed by atoms with E-state index in [4.69, 9.17) is 9.47 Å². The van der Waals surface area contributed by atoms with Gasteiger partial charge in [0.1, 0.15) is 0 Å². The van der Waals surface area contributed by atoms with Crippen molar-refractivity contribution in [2.24, 2.45) is 0 Å². The maximum atomic E-state index is 13.1. The van der Waals surface area contributed by atoms with Crippen LogP contribution in [0.4, 0.5) is 32.0 Å². The molecule has 0 heterocycles. The summed E-state index contributed by atoms with van der Waals surface area (Å²) in [5.74, 6) is -6.61. The number of benzene rings is 3. The van der Waals surface area contributed by atoms with Crippen molar-refractivity contribution in [2.45, 2.75) is 31.5 Å². The minimum absolute atomic E-state index is 0.0778. The molecule has 0 aliphatic heterocycles. The van der Waals surface area contributed by atoms with E-state index in [1.54, 1.807) is 19.1 Å². The number of carboxylic acids is 1. The fourth-order valence-corrected chi connectivity index (χ4v) is 3.36. The highest BCUT2D eigenvalue weighted by Gasteiger charge is 2.42. The molecule has 0 radical (unpaired) electrons. The lowest BCUT2D eigenvalue weighted by Crippen LogP contribution is -2.48. The van der Waals surface area contributed by atoms with Crippen LogP contribution in [0.2, 0.25) is 0 Å². The molecule has 3 rings (SSSR count). The number of ether oxygens (including phenoxy) is 2. The first-order valence-electron chi connectivity index (χ1n) is 11.4. The van der Waals surface area contributed by atoms with Gasteiger partial charge in [-0.05, 0) is 55.5 Å². The predicted octanol–water partition coefficient (Wildman–Crippen LogP) is 5.51. The molecule has 0 aliphatic rings. The largest absolute Gasteiger partial charge is 0.478 e. The molecule has 3 aromatic carbocycles. The summed E-state index contributed by atoms with van der Waals surface area (Å²) in [6.45, 7) is 1.72. The quantitative estimate of drug-likeness (QED) is 0.265. The van der Waals surface area contributed by atoms with Gasteiger partial charge >= 0.3 is 30.3 Å². The van der Waals surface area contributed by atoms with Crippen LogP contribution in [0.25, 0.3) is 0 Å². The van der Waals surface area contributed by atoms with Crippen LogP contribution in [0.5, 0.6) is 0 Å². The fourth-order valence-electron chi connectivity index (χ4n) is 3.36. The number of carbonyl (C=O) groups excluding carboxylic acids is 3. The molecule has 216 valence electrons. The number of carboxylic acid groups (broad SMARTS) is 1. The molecule has 0 spiro atoms. The molecule has 0 bridgehead atoms. The summed E-state index contributed by atoms with van der Waals surface area (Å²) in [4.78, 5) is 50.5. The lowest BCUT2D eigenvalue weighted by Gasteiger charge is -2.24. The van der Waals surface area contributed by atoms with Crippen LogP contribution >= 0.6 is 0 Å². The van der Waals surface area contributed by atoms with E-state index in [1.807, 2.05) is 0 Å². The Bertz CT molecular complexity index is 1450. The first kappa shape index (κ1) is 30.7. The Morgan fingerprint density at radius 2 is 1.15 bits per heavy atom. The maximum Gasteiger partial charge on any atom is 0.416 e. The number of halogens is 6. The van der Waals surface area contributed by atoms with Gasteiger partial charge in [0.05, 0.1) is 22.3 Å². The van der Waals surface area contributed by atoms with Gasteiger partial charge in [-0.2, -0.15) is 26.3 Å². The average molecular weight is 583 g/mol. The van der Waals surface area contributed by atoms with Gasteiger partial charge in [0.15, 0.2) is 0 Å². The van der Waals surface area contributed by atoms with E-state index in [9.17, 15) is 50.6 Å². The van der Waals surface area contributed by atoms with Crippen LogP contribution < -0.4 is 5.32 Å². The highest BCUT2D eigenvalue weighted by Crippen LogP contribution is 2.31. The van der Waals surface area contributed by atoms with Crippen LogP contribution in [0.1, 0.15) is 37.4 Å². The number of carbonyl (C=O) groups is 4. The molecule has 1 amide bonds. The third-order valence-electron chi connectivity index (χ3n) is 5.42. The number of aryl methyl sites for hydroxylation is 1. The van der Waals surface area contributed by atoms with E-state index in [-0.39, 0.29) is 5.69 Å². The molecule has 0 saturated carbocycles. The molecule has 0 aliphatic carbocycles. The first-order chi connectivity index (χ1) is 19.1. The normalized spacial score (nSPS) is 13.0. The Morgan fingerprint density at radius 3 is 1.56 bits per heavy atom. The van der Waals surface area contributed by atoms with Crippen molar-refractivity contribution < 1.29 is 60.1 Å². The van der Waals surface area contributed by atoms with E-state index in [0.717, 1.165) is 29.8 Å². The molecule has 0 saturated heterocycles. The topological polar surface area (TPSA) is 119 Å². The average Bonchev–Trinajstić information content (AvgIpc) is 2.90. The molecule has 2 atom stereocenters.